The molecule has 0 unspecified atom stereocenters. The Balaban J connectivity index is 1.19. The summed E-state index contributed by atoms with van der Waals surface area (Å²) in [6, 6.07) is 5.71. The predicted octanol–water partition coefficient (Wildman–Crippen LogP) is 5.14. The Labute approximate surface area is 213 Å². The van der Waals surface area contributed by atoms with Gasteiger partial charge < -0.3 is 15.0 Å². The highest BCUT2D eigenvalue weighted by molar-refractivity contribution is 6.42. The summed E-state index contributed by atoms with van der Waals surface area (Å²) in [5, 5.41) is 3.83. The molecule has 2 saturated heterocycles. The summed E-state index contributed by atoms with van der Waals surface area (Å²) in [4.78, 5) is 19.6. The Hall–Kier alpha value is -1.57. The van der Waals surface area contributed by atoms with Crippen molar-refractivity contribution in [2.24, 2.45) is 5.92 Å². The molecule has 6 nitrogen and oxygen atoms in total. The van der Waals surface area contributed by atoms with E-state index in [4.69, 9.17) is 27.9 Å². The van der Waals surface area contributed by atoms with Gasteiger partial charge in [-0.25, -0.2) is 4.79 Å². The number of benzene rings is 1. The van der Waals surface area contributed by atoms with E-state index in [0.29, 0.717) is 40.8 Å². The number of anilines is 1. The van der Waals surface area contributed by atoms with E-state index in [1.54, 1.807) is 18.2 Å². The quantitative estimate of drug-likeness (QED) is 0.542. The molecular formula is C26H36Cl2N4O2. The van der Waals surface area contributed by atoms with Crippen LogP contribution in [-0.4, -0.2) is 85.3 Å². The van der Waals surface area contributed by atoms with Crippen LogP contribution in [0.1, 0.15) is 25.7 Å². The van der Waals surface area contributed by atoms with Crippen molar-refractivity contribution >= 4 is 34.9 Å². The Kier molecular flexibility index (Phi) is 9.31. The first kappa shape index (κ1) is 25.5. The second kappa shape index (κ2) is 12.4. The first-order chi connectivity index (χ1) is 16.5. The zero-order valence-corrected chi connectivity index (χ0v) is 21.3. The average Bonchev–Trinajstić information content (AvgIpc) is 2.86. The van der Waals surface area contributed by atoms with Crippen molar-refractivity contribution in [1.82, 2.24) is 14.7 Å². The molecule has 1 aliphatic carbocycles. The molecule has 1 saturated carbocycles. The minimum absolute atomic E-state index is 0.100. The summed E-state index contributed by atoms with van der Waals surface area (Å²) < 4.78 is 6.13. The van der Waals surface area contributed by atoms with E-state index >= 15 is 0 Å². The molecule has 2 aliphatic heterocycles. The number of rotatable bonds is 6. The second-order valence-corrected chi connectivity index (χ2v) is 10.3. The summed E-state index contributed by atoms with van der Waals surface area (Å²) in [5.41, 5.74) is 0.656. The minimum atomic E-state index is -0.100. The lowest BCUT2D eigenvalue weighted by molar-refractivity contribution is -0.0638. The Morgan fingerprint density at radius 1 is 1.09 bits per heavy atom. The molecule has 2 heterocycles. The van der Waals surface area contributed by atoms with Crippen molar-refractivity contribution in [3.8, 4) is 0 Å². The van der Waals surface area contributed by atoms with Crippen LogP contribution in [0, 0.1) is 5.92 Å². The molecule has 0 radical (unpaired) electrons. The fourth-order valence-corrected chi connectivity index (χ4v) is 5.58. The number of halogens is 2. The van der Waals surface area contributed by atoms with Crippen LogP contribution in [0.4, 0.5) is 10.5 Å². The maximum Gasteiger partial charge on any atom is 0.321 e. The molecule has 3 fully saturated rings. The van der Waals surface area contributed by atoms with Gasteiger partial charge in [0.1, 0.15) is 0 Å². The van der Waals surface area contributed by atoms with Crippen LogP contribution in [0.25, 0.3) is 0 Å². The number of ether oxygens (including phenoxy) is 1. The molecule has 0 bridgehead atoms. The number of hydrogen-bond donors (Lipinski definition) is 1. The first-order valence-corrected chi connectivity index (χ1v) is 13.2. The highest BCUT2D eigenvalue weighted by Gasteiger charge is 2.31. The van der Waals surface area contributed by atoms with Gasteiger partial charge in [0, 0.05) is 57.5 Å². The van der Waals surface area contributed by atoms with Crippen molar-refractivity contribution in [2.75, 3.05) is 57.7 Å². The van der Waals surface area contributed by atoms with Crippen LogP contribution in [-0.2, 0) is 4.74 Å². The standard InChI is InChI=1S/C26H36Cl2N4O2/c1-2-3-4-20-5-8-22(9-6-20)32-15-16-34-23(19-32)18-30-11-13-31(14-12-30)26(33)29-21-7-10-24(27)25(28)17-21/h2-4,7,10,17,20,22-23H,1,5-6,8-9,11-16,18-19H2,(H,29,33)/b4-3+/t20?,22?,23-/m0/s1. The first-order valence-electron chi connectivity index (χ1n) is 12.4. The summed E-state index contributed by atoms with van der Waals surface area (Å²) in [5.74, 6) is 0.705. The van der Waals surface area contributed by atoms with Gasteiger partial charge in [-0.15, -0.1) is 0 Å². The van der Waals surface area contributed by atoms with E-state index in [1.165, 1.54) is 25.7 Å². The molecule has 1 aromatic carbocycles. The van der Waals surface area contributed by atoms with Gasteiger partial charge >= 0.3 is 6.03 Å². The number of urea groups is 1. The smallest absolute Gasteiger partial charge is 0.321 e. The molecule has 34 heavy (non-hydrogen) atoms. The fourth-order valence-electron chi connectivity index (χ4n) is 5.28. The van der Waals surface area contributed by atoms with Gasteiger partial charge in [0.15, 0.2) is 0 Å². The largest absolute Gasteiger partial charge is 0.374 e. The summed E-state index contributed by atoms with van der Waals surface area (Å²) in [7, 11) is 0. The summed E-state index contributed by atoms with van der Waals surface area (Å²) in [6.45, 7) is 10.7. The second-order valence-electron chi connectivity index (χ2n) is 9.52. The van der Waals surface area contributed by atoms with Gasteiger partial charge in [0.05, 0.1) is 22.8 Å². The number of nitrogens with zero attached hydrogens (tertiary/aromatic N) is 3. The number of carbonyl (C=O) groups excluding carboxylic acids is 1. The maximum absolute atomic E-state index is 12.6. The van der Waals surface area contributed by atoms with Crippen molar-refractivity contribution < 1.29 is 9.53 Å². The third-order valence-corrected chi connectivity index (χ3v) is 7.98. The third-order valence-electron chi connectivity index (χ3n) is 7.24. The highest BCUT2D eigenvalue weighted by atomic mass is 35.5. The fraction of sp³-hybridized carbons (Fsp3) is 0.577. The number of amides is 2. The Morgan fingerprint density at radius 3 is 2.56 bits per heavy atom. The molecule has 1 N–H and O–H groups in total. The molecule has 0 spiro atoms. The van der Waals surface area contributed by atoms with E-state index in [9.17, 15) is 4.79 Å². The van der Waals surface area contributed by atoms with Crippen LogP contribution >= 0.6 is 23.2 Å². The minimum Gasteiger partial charge on any atom is -0.374 e. The van der Waals surface area contributed by atoms with E-state index in [1.807, 2.05) is 11.0 Å². The van der Waals surface area contributed by atoms with Gasteiger partial charge in [-0.05, 0) is 49.8 Å². The molecule has 2 amide bonds. The van der Waals surface area contributed by atoms with E-state index in [0.717, 1.165) is 39.3 Å². The van der Waals surface area contributed by atoms with Crippen molar-refractivity contribution in [3.05, 3.63) is 53.1 Å². The molecule has 3 aliphatic rings. The Bertz CT molecular complexity index is 864. The Morgan fingerprint density at radius 2 is 1.85 bits per heavy atom. The summed E-state index contributed by atoms with van der Waals surface area (Å²) in [6.07, 6.45) is 11.6. The van der Waals surface area contributed by atoms with Gasteiger partial charge in [-0.1, -0.05) is 48.0 Å². The summed E-state index contributed by atoms with van der Waals surface area (Å²) >= 11 is 12.0. The molecule has 4 rings (SSSR count). The van der Waals surface area contributed by atoms with E-state index < -0.39 is 0 Å². The predicted molar refractivity (Wildman–Crippen MR) is 140 cm³/mol. The number of piperazine rings is 1. The molecule has 8 heteroatoms. The van der Waals surface area contributed by atoms with Crippen molar-refractivity contribution in [3.63, 3.8) is 0 Å². The van der Waals surface area contributed by atoms with E-state index in [-0.39, 0.29) is 12.1 Å². The molecular weight excluding hydrogens is 471 g/mol. The molecule has 186 valence electrons. The normalized spacial score (nSPS) is 27.1. The lowest BCUT2D eigenvalue weighted by Crippen LogP contribution is -2.55. The zero-order chi connectivity index (χ0) is 23.9. The van der Waals surface area contributed by atoms with Gasteiger partial charge in [-0.2, -0.15) is 0 Å². The van der Waals surface area contributed by atoms with Crippen LogP contribution in [0.5, 0.6) is 0 Å². The van der Waals surface area contributed by atoms with Crippen molar-refractivity contribution in [1.29, 1.82) is 0 Å². The van der Waals surface area contributed by atoms with Gasteiger partial charge in [-0.3, -0.25) is 9.80 Å². The van der Waals surface area contributed by atoms with Gasteiger partial charge in [0.2, 0.25) is 0 Å². The van der Waals surface area contributed by atoms with E-state index in [2.05, 4.69) is 33.8 Å². The number of morpholine rings is 1. The molecule has 1 aromatic rings. The van der Waals surface area contributed by atoms with Crippen LogP contribution in [0.15, 0.2) is 43.0 Å². The number of hydrogen-bond acceptors (Lipinski definition) is 4. The molecule has 1 atom stereocenters. The number of allylic oxidation sites excluding steroid dienone is 3. The van der Waals surface area contributed by atoms with Crippen LogP contribution < -0.4 is 5.32 Å². The lowest BCUT2D eigenvalue weighted by atomic mass is 9.85. The SMILES string of the molecule is C=C/C=C/C1CCC(N2CCO[C@@H](CN3CCN(C(=O)Nc4ccc(Cl)c(Cl)c4)CC3)C2)CC1. The lowest BCUT2D eigenvalue weighted by Gasteiger charge is -2.43. The third kappa shape index (κ3) is 6.98. The maximum atomic E-state index is 12.6. The van der Waals surface area contributed by atoms with Crippen LogP contribution in [0.3, 0.4) is 0 Å². The van der Waals surface area contributed by atoms with Crippen LogP contribution in [0.2, 0.25) is 10.0 Å². The zero-order valence-electron chi connectivity index (χ0n) is 19.8. The highest BCUT2D eigenvalue weighted by Crippen LogP contribution is 2.30. The topological polar surface area (TPSA) is 48.1 Å². The monoisotopic (exact) mass is 506 g/mol. The number of nitrogens with one attached hydrogen (secondary N) is 1. The van der Waals surface area contributed by atoms with Gasteiger partial charge in [0.25, 0.3) is 0 Å². The van der Waals surface area contributed by atoms with Crippen molar-refractivity contribution in [2.45, 2.75) is 37.8 Å². The molecule has 0 aromatic heterocycles. The average molecular weight is 508 g/mol. The number of carbonyl (C=O) groups is 1.